The number of benzene rings is 2. The van der Waals surface area contributed by atoms with Crippen LogP contribution < -0.4 is 4.90 Å². The van der Waals surface area contributed by atoms with Crippen molar-refractivity contribution in [1.29, 1.82) is 0 Å². The Hall–Kier alpha value is -1.77. The molecule has 0 aliphatic heterocycles. The Balaban J connectivity index is 2.13. The van der Waals surface area contributed by atoms with Crippen molar-refractivity contribution in [3.05, 3.63) is 69.7 Å². The molecule has 0 amide bonds. The molecule has 0 bridgehead atoms. The second-order valence-corrected chi connectivity index (χ2v) is 5.63. The largest absolute Gasteiger partial charge is 0.378 e. The predicted molar refractivity (Wildman–Crippen MR) is 90.6 cm³/mol. The van der Waals surface area contributed by atoms with Crippen LogP contribution in [0.5, 0.6) is 0 Å². The van der Waals surface area contributed by atoms with E-state index in [-0.39, 0.29) is 5.78 Å². The van der Waals surface area contributed by atoms with Gasteiger partial charge in [0.1, 0.15) is 0 Å². The van der Waals surface area contributed by atoms with Gasteiger partial charge >= 0.3 is 0 Å². The van der Waals surface area contributed by atoms with Gasteiger partial charge in [-0.25, -0.2) is 0 Å². The topological polar surface area (TPSA) is 20.3 Å². The van der Waals surface area contributed by atoms with Crippen molar-refractivity contribution in [3.8, 4) is 0 Å². The van der Waals surface area contributed by atoms with Crippen molar-refractivity contribution < 1.29 is 4.79 Å². The molecular formula is C17H15Cl2NO. The highest BCUT2D eigenvalue weighted by Gasteiger charge is 2.03. The van der Waals surface area contributed by atoms with E-state index in [4.69, 9.17) is 23.2 Å². The Morgan fingerprint density at radius 1 is 1.00 bits per heavy atom. The van der Waals surface area contributed by atoms with E-state index in [0.717, 1.165) is 11.3 Å². The lowest BCUT2D eigenvalue weighted by atomic mass is 10.1. The monoisotopic (exact) mass is 319 g/mol. The molecule has 4 heteroatoms. The van der Waals surface area contributed by atoms with Gasteiger partial charge in [-0.1, -0.05) is 35.3 Å². The second kappa shape index (κ2) is 6.79. The molecule has 0 aromatic heterocycles. The number of rotatable bonds is 4. The standard InChI is InChI=1S/C17H15Cl2NO/c1-20(2)14-7-5-13(6-8-14)17(21)10-4-12-3-9-15(18)16(19)11-12/h3-11H,1-2H3/b10-4+. The van der Waals surface area contributed by atoms with Gasteiger partial charge in [0.2, 0.25) is 0 Å². The molecule has 108 valence electrons. The minimum Gasteiger partial charge on any atom is -0.378 e. The molecule has 0 N–H and O–H groups in total. The van der Waals surface area contributed by atoms with Crippen molar-refractivity contribution in [3.63, 3.8) is 0 Å². The molecule has 0 fully saturated rings. The summed E-state index contributed by atoms with van der Waals surface area (Å²) in [7, 11) is 3.92. The molecule has 2 aromatic carbocycles. The van der Waals surface area contributed by atoms with Gasteiger partial charge in [-0.2, -0.15) is 0 Å². The van der Waals surface area contributed by atoms with E-state index < -0.39 is 0 Å². The smallest absolute Gasteiger partial charge is 0.185 e. The summed E-state index contributed by atoms with van der Waals surface area (Å²) in [5, 5.41) is 0.973. The summed E-state index contributed by atoms with van der Waals surface area (Å²) < 4.78 is 0. The zero-order chi connectivity index (χ0) is 15.4. The summed E-state index contributed by atoms with van der Waals surface area (Å²) in [6.45, 7) is 0. The molecule has 0 saturated carbocycles. The van der Waals surface area contributed by atoms with Gasteiger partial charge in [-0.15, -0.1) is 0 Å². The highest BCUT2D eigenvalue weighted by atomic mass is 35.5. The first kappa shape index (κ1) is 15.6. The summed E-state index contributed by atoms with van der Waals surface area (Å²) >= 11 is 11.8. The van der Waals surface area contributed by atoms with E-state index in [0.29, 0.717) is 15.6 Å². The van der Waals surface area contributed by atoms with E-state index in [2.05, 4.69) is 0 Å². The molecule has 0 atom stereocenters. The van der Waals surface area contributed by atoms with E-state index in [1.807, 2.05) is 49.3 Å². The number of carbonyl (C=O) groups excluding carboxylic acids is 1. The normalized spacial score (nSPS) is 10.9. The third-order valence-corrected chi connectivity index (χ3v) is 3.78. The third kappa shape index (κ3) is 4.10. The zero-order valence-corrected chi connectivity index (χ0v) is 13.3. The number of allylic oxidation sites excluding steroid dienone is 1. The summed E-state index contributed by atoms with van der Waals surface area (Å²) in [6.07, 6.45) is 3.26. The summed E-state index contributed by atoms with van der Waals surface area (Å²) in [5.41, 5.74) is 2.54. The zero-order valence-electron chi connectivity index (χ0n) is 11.8. The van der Waals surface area contributed by atoms with Crippen LogP contribution in [0.3, 0.4) is 0 Å². The lowest BCUT2D eigenvalue weighted by Crippen LogP contribution is -2.08. The number of carbonyl (C=O) groups is 1. The molecule has 0 aliphatic carbocycles. The fourth-order valence-corrected chi connectivity index (χ4v) is 2.11. The Labute approximate surface area is 134 Å². The van der Waals surface area contributed by atoms with Crippen molar-refractivity contribution in [2.24, 2.45) is 0 Å². The number of hydrogen-bond acceptors (Lipinski definition) is 2. The molecule has 2 aromatic rings. The van der Waals surface area contributed by atoms with Crippen LogP contribution >= 0.6 is 23.2 Å². The van der Waals surface area contributed by atoms with Crippen LogP contribution in [0.2, 0.25) is 10.0 Å². The fraction of sp³-hybridized carbons (Fsp3) is 0.118. The molecule has 0 aliphatic rings. The van der Waals surface area contributed by atoms with Crippen LogP contribution in [-0.2, 0) is 0 Å². The summed E-state index contributed by atoms with van der Waals surface area (Å²) in [5.74, 6) is -0.0496. The number of nitrogens with zero attached hydrogens (tertiary/aromatic N) is 1. The van der Waals surface area contributed by atoms with Crippen LogP contribution in [0.15, 0.2) is 48.5 Å². The van der Waals surface area contributed by atoms with Crippen LogP contribution in [0.25, 0.3) is 6.08 Å². The highest BCUT2D eigenvalue weighted by molar-refractivity contribution is 6.42. The first-order chi connectivity index (χ1) is 9.97. The Morgan fingerprint density at radius 2 is 1.67 bits per heavy atom. The summed E-state index contributed by atoms with van der Waals surface area (Å²) in [6, 6.07) is 12.7. The Bertz CT molecular complexity index is 676. The van der Waals surface area contributed by atoms with Crippen LogP contribution in [0.1, 0.15) is 15.9 Å². The first-order valence-corrected chi connectivity index (χ1v) is 7.18. The van der Waals surface area contributed by atoms with Crippen LogP contribution in [-0.4, -0.2) is 19.9 Å². The Kier molecular flexibility index (Phi) is 5.05. The van der Waals surface area contributed by atoms with Gasteiger partial charge in [0.05, 0.1) is 10.0 Å². The predicted octanol–water partition coefficient (Wildman–Crippen LogP) is 4.96. The van der Waals surface area contributed by atoms with Gasteiger partial charge in [-0.3, -0.25) is 4.79 Å². The molecule has 2 nitrogen and oxygen atoms in total. The minimum absolute atomic E-state index is 0.0496. The maximum Gasteiger partial charge on any atom is 0.185 e. The number of hydrogen-bond donors (Lipinski definition) is 0. The molecule has 0 heterocycles. The molecule has 21 heavy (non-hydrogen) atoms. The average Bonchev–Trinajstić information content (AvgIpc) is 2.48. The lowest BCUT2D eigenvalue weighted by Gasteiger charge is -2.11. The SMILES string of the molecule is CN(C)c1ccc(C(=O)/C=C/c2ccc(Cl)c(Cl)c2)cc1. The van der Waals surface area contributed by atoms with E-state index in [1.165, 1.54) is 6.08 Å². The molecule has 0 radical (unpaired) electrons. The van der Waals surface area contributed by atoms with Gasteiger partial charge in [0.15, 0.2) is 5.78 Å². The maximum atomic E-state index is 12.1. The first-order valence-electron chi connectivity index (χ1n) is 6.42. The molecule has 2 rings (SSSR count). The van der Waals surface area contributed by atoms with E-state index in [9.17, 15) is 4.79 Å². The van der Waals surface area contributed by atoms with E-state index in [1.54, 1.807) is 18.2 Å². The van der Waals surface area contributed by atoms with Gasteiger partial charge < -0.3 is 4.90 Å². The molecule has 0 unspecified atom stereocenters. The van der Waals surface area contributed by atoms with Gasteiger partial charge in [0.25, 0.3) is 0 Å². The van der Waals surface area contributed by atoms with Crippen LogP contribution in [0.4, 0.5) is 5.69 Å². The quantitative estimate of drug-likeness (QED) is 0.586. The second-order valence-electron chi connectivity index (χ2n) is 4.81. The number of anilines is 1. The molecule has 0 saturated heterocycles. The van der Waals surface area contributed by atoms with Gasteiger partial charge in [0, 0.05) is 25.3 Å². The van der Waals surface area contributed by atoms with Gasteiger partial charge in [-0.05, 0) is 48.0 Å². The van der Waals surface area contributed by atoms with E-state index >= 15 is 0 Å². The number of ketones is 1. The molecule has 0 spiro atoms. The highest BCUT2D eigenvalue weighted by Crippen LogP contribution is 2.23. The summed E-state index contributed by atoms with van der Waals surface area (Å²) in [4.78, 5) is 14.1. The van der Waals surface area contributed by atoms with Crippen molar-refractivity contribution >= 4 is 40.7 Å². The Morgan fingerprint density at radius 3 is 2.24 bits per heavy atom. The average molecular weight is 320 g/mol. The van der Waals surface area contributed by atoms with Crippen molar-refractivity contribution in [2.45, 2.75) is 0 Å². The molecular weight excluding hydrogens is 305 g/mol. The maximum absolute atomic E-state index is 12.1. The lowest BCUT2D eigenvalue weighted by molar-refractivity contribution is 0.104. The van der Waals surface area contributed by atoms with Crippen molar-refractivity contribution in [2.75, 3.05) is 19.0 Å². The number of halogens is 2. The van der Waals surface area contributed by atoms with Crippen LogP contribution in [0, 0.1) is 0 Å². The fourth-order valence-electron chi connectivity index (χ4n) is 1.81. The minimum atomic E-state index is -0.0496. The van der Waals surface area contributed by atoms with Crippen molar-refractivity contribution in [1.82, 2.24) is 0 Å². The third-order valence-electron chi connectivity index (χ3n) is 3.04.